The molecule has 0 N–H and O–H groups in total. The summed E-state index contributed by atoms with van der Waals surface area (Å²) in [4.78, 5) is 0. The molecular formula is C54H34S. The fourth-order valence-corrected chi connectivity index (χ4v) is 9.66. The van der Waals surface area contributed by atoms with Crippen molar-refractivity contribution < 1.29 is 0 Å². The van der Waals surface area contributed by atoms with Crippen molar-refractivity contribution in [3.05, 3.63) is 206 Å². The van der Waals surface area contributed by atoms with Gasteiger partial charge in [0.05, 0.1) is 0 Å². The van der Waals surface area contributed by atoms with Gasteiger partial charge in [0.15, 0.2) is 0 Å². The molecule has 0 aliphatic heterocycles. The Balaban J connectivity index is 1.13. The number of hydrogen-bond donors (Lipinski definition) is 0. The summed E-state index contributed by atoms with van der Waals surface area (Å²) < 4.78 is 2.66. The minimum atomic E-state index is 1.21. The molecule has 1 heterocycles. The van der Waals surface area contributed by atoms with E-state index in [0.717, 1.165) is 0 Å². The van der Waals surface area contributed by atoms with E-state index in [1.54, 1.807) is 0 Å². The SMILES string of the molecule is c1ccc(-c2c3ccc(-c4ccc5ccccc5c4)cc3c(-c3ccccc3)c3ccc(-c4cccc(-c5ccc6sc7ccccc7c6c5)c4)cc23)cc1. The molecule has 1 heteroatoms. The third kappa shape index (κ3) is 5.44. The van der Waals surface area contributed by atoms with Gasteiger partial charge in [-0.25, -0.2) is 0 Å². The van der Waals surface area contributed by atoms with E-state index in [0.29, 0.717) is 0 Å². The maximum absolute atomic E-state index is 2.43. The van der Waals surface area contributed by atoms with Crippen LogP contribution in [0.4, 0.5) is 0 Å². The highest BCUT2D eigenvalue weighted by atomic mass is 32.1. The molecule has 0 bridgehead atoms. The molecule has 0 fully saturated rings. The molecule has 0 saturated heterocycles. The first kappa shape index (κ1) is 31.7. The summed E-state index contributed by atoms with van der Waals surface area (Å²) in [6.45, 7) is 0. The van der Waals surface area contributed by atoms with Gasteiger partial charge in [0.2, 0.25) is 0 Å². The quantitative estimate of drug-likeness (QED) is 0.156. The van der Waals surface area contributed by atoms with E-state index in [2.05, 4.69) is 206 Å². The minimum absolute atomic E-state index is 1.21. The summed E-state index contributed by atoms with van der Waals surface area (Å²) in [5.41, 5.74) is 12.3. The zero-order valence-electron chi connectivity index (χ0n) is 30.0. The standard InChI is InChI=1S/C54H34S/c1-3-13-36(14-4-1)53-47-28-25-43(41-23-22-35-12-7-8-17-38(35)30-41)34-50(47)54(37-15-5-2-6-16-37)46-27-24-42(33-49(46)53)39-18-11-19-40(31-39)44-26-29-52-48(32-44)45-20-9-10-21-51(45)55-52/h1-34H. The third-order valence-corrected chi connectivity index (χ3v) is 12.4. The second-order valence-electron chi connectivity index (χ2n) is 14.5. The number of thiophene rings is 1. The fraction of sp³-hybridized carbons (Fsp3) is 0. The maximum atomic E-state index is 2.43. The lowest BCUT2D eigenvalue weighted by Crippen LogP contribution is -1.92. The normalized spacial score (nSPS) is 11.6. The Morgan fingerprint density at radius 3 is 1.33 bits per heavy atom. The Bertz CT molecular complexity index is 3240. The van der Waals surface area contributed by atoms with E-state index < -0.39 is 0 Å². The molecule has 0 aliphatic carbocycles. The van der Waals surface area contributed by atoms with E-state index >= 15 is 0 Å². The van der Waals surface area contributed by atoms with Gasteiger partial charge in [-0.3, -0.25) is 0 Å². The fourth-order valence-electron chi connectivity index (χ4n) is 8.57. The Hall–Kier alpha value is -6.80. The van der Waals surface area contributed by atoms with E-state index in [4.69, 9.17) is 0 Å². The minimum Gasteiger partial charge on any atom is -0.135 e. The summed E-state index contributed by atoms with van der Waals surface area (Å²) in [6, 6.07) is 76.2. The van der Waals surface area contributed by atoms with E-state index in [-0.39, 0.29) is 0 Å². The second kappa shape index (κ2) is 13.0. The molecule has 0 nitrogen and oxygen atoms in total. The van der Waals surface area contributed by atoms with E-state index in [1.807, 2.05) is 11.3 Å². The lowest BCUT2D eigenvalue weighted by molar-refractivity contribution is 1.61. The van der Waals surface area contributed by atoms with Gasteiger partial charge in [0.25, 0.3) is 0 Å². The smallest absolute Gasteiger partial charge is 0.0355 e. The topological polar surface area (TPSA) is 0 Å². The summed E-state index contributed by atoms with van der Waals surface area (Å²) in [7, 11) is 0. The average molecular weight is 715 g/mol. The third-order valence-electron chi connectivity index (χ3n) is 11.2. The van der Waals surface area contributed by atoms with Crippen molar-refractivity contribution >= 4 is 63.8 Å². The van der Waals surface area contributed by atoms with Crippen LogP contribution in [0.3, 0.4) is 0 Å². The van der Waals surface area contributed by atoms with Crippen molar-refractivity contribution in [3.63, 3.8) is 0 Å². The Kier molecular flexibility index (Phi) is 7.46. The van der Waals surface area contributed by atoms with Crippen LogP contribution in [0.5, 0.6) is 0 Å². The highest BCUT2D eigenvalue weighted by molar-refractivity contribution is 7.25. The van der Waals surface area contributed by atoms with Gasteiger partial charge in [0, 0.05) is 20.2 Å². The predicted molar refractivity (Wildman–Crippen MR) is 239 cm³/mol. The Labute approximate surface area is 324 Å². The number of hydrogen-bond acceptors (Lipinski definition) is 1. The van der Waals surface area contributed by atoms with Crippen molar-refractivity contribution in [2.75, 3.05) is 0 Å². The molecule has 0 atom stereocenters. The number of fused-ring (bicyclic) bond motifs is 6. The summed E-state index contributed by atoms with van der Waals surface area (Å²) in [5.74, 6) is 0. The molecule has 0 spiro atoms. The Morgan fingerprint density at radius 1 is 0.218 bits per heavy atom. The van der Waals surface area contributed by atoms with Crippen molar-refractivity contribution in [2.24, 2.45) is 0 Å². The number of benzene rings is 10. The lowest BCUT2D eigenvalue weighted by Gasteiger charge is -2.20. The molecule has 11 aromatic rings. The molecule has 0 amide bonds. The van der Waals surface area contributed by atoms with Gasteiger partial charge in [-0.15, -0.1) is 11.3 Å². The molecule has 0 saturated carbocycles. The van der Waals surface area contributed by atoms with Gasteiger partial charge in [-0.05, 0) is 130 Å². The zero-order chi connectivity index (χ0) is 36.3. The van der Waals surface area contributed by atoms with Gasteiger partial charge in [-0.1, -0.05) is 164 Å². The van der Waals surface area contributed by atoms with Crippen LogP contribution in [0, 0.1) is 0 Å². The van der Waals surface area contributed by atoms with E-state index in [1.165, 1.54) is 108 Å². The van der Waals surface area contributed by atoms with Gasteiger partial charge >= 0.3 is 0 Å². The first-order chi connectivity index (χ1) is 27.2. The van der Waals surface area contributed by atoms with Gasteiger partial charge < -0.3 is 0 Å². The molecule has 0 radical (unpaired) electrons. The zero-order valence-corrected chi connectivity index (χ0v) is 30.9. The van der Waals surface area contributed by atoms with Crippen LogP contribution in [0.2, 0.25) is 0 Å². The molecule has 1 aromatic heterocycles. The van der Waals surface area contributed by atoms with Crippen LogP contribution < -0.4 is 0 Å². The molecule has 0 unspecified atom stereocenters. The number of rotatable bonds is 5. The maximum Gasteiger partial charge on any atom is 0.0355 e. The van der Waals surface area contributed by atoms with Crippen LogP contribution in [-0.4, -0.2) is 0 Å². The van der Waals surface area contributed by atoms with Gasteiger partial charge in [0.1, 0.15) is 0 Å². The largest absolute Gasteiger partial charge is 0.135 e. The second-order valence-corrected chi connectivity index (χ2v) is 15.5. The van der Waals surface area contributed by atoms with Crippen molar-refractivity contribution in [1.82, 2.24) is 0 Å². The summed E-state index contributed by atoms with van der Waals surface area (Å²) in [6.07, 6.45) is 0. The van der Waals surface area contributed by atoms with Crippen LogP contribution >= 0.6 is 11.3 Å². The van der Waals surface area contributed by atoms with Crippen LogP contribution in [0.25, 0.3) is 108 Å². The first-order valence-electron chi connectivity index (χ1n) is 18.9. The molecule has 0 aliphatic rings. The highest BCUT2D eigenvalue weighted by Gasteiger charge is 2.19. The van der Waals surface area contributed by atoms with Crippen molar-refractivity contribution in [1.29, 1.82) is 0 Å². The molecule has 55 heavy (non-hydrogen) atoms. The van der Waals surface area contributed by atoms with E-state index in [9.17, 15) is 0 Å². The summed E-state index contributed by atoms with van der Waals surface area (Å²) >= 11 is 1.87. The molecular weight excluding hydrogens is 681 g/mol. The first-order valence-corrected chi connectivity index (χ1v) is 19.7. The lowest BCUT2D eigenvalue weighted by atomic mass is 9.83. The highest BCUT2D eigenvalue weighted by Crippen LogP contribution is 2.46. The monoisotopic (exact) mass is 714 g/mol. The summed E-state index contributed by atoms with van der Waals surface area (Å²) in [5, 5.41) is 10.2. The molecule has 10 aromatic carbocycles. The predicted octanol–water partition coefficient (Wildman–Crippen LogP) is 15.8. The molecule has 256 valence electrons. The Morgan fingerprint density at radius 2 is 0.673 bits per heavy atom. The molecule has 11 rings (SSSR count). The van der Waals surface area contributed by atoms with Crippen LogP contribution in [0.1, 0.15) is 0 Å². The van der Waals surface area contributed by atoms with Crippen molar-refractivity contribution in [3.8, 4) is 55.6 Å². The van der Waals surface area contributed by atoms with Crippen LogP contribution in [-0.2, 0) is 0 Å². The van der Waals surface area contributed by atoms with Crippen molar-refractivity contribution in [2.45, 2.75) is 0 Å². The average Bonchev–Trinajstić information content (AvgIpc) is 3.64. The van der Waals surface area contributed by atoms with Crippen LogP contribution in [0.15, 0.2) is 206 Å². The van der Waals surface area contributed by atoms with Gasteiger partial charge in [-0.2, -0.15) is 0 Å².